The van der Waals surface area contributed by atoms with E-state index in [1.807, 2.05) is 12.1 Å². The molecule has 0 aliphatic heterocycles. The van der Waals surface area contributed by atoms with Crippen molar-refractivity contribution in [3.05, 3.63) is 29.8 Å². The van der Waals surface area contributed by atoms with Crippen LogP contribution in [0.2, 0.25) is 19.6 Å². The van der Waals surface area contributed by atoms with Crippen molar-refractivity contribution in [2.45, 2.75) is 51.9 Å². The lowest BCUT2D eigenvalue weighted by molar-refractivity contribution is 0.555. The fourth-order valence-corrected chi connectivity index (χ4v) is 2.57. The average Bonchev–Trinajstić information content (AvgIpc) is 2.24. The van der Waals surface area contributed by atoms with Gasteiger partial charge in [0.25, 0.3) is 0 Å². The Hall–Kier alpha value is -0.803. The second-order valence-electron chi connectivity index (χ2n) is 5.53. The molecule has 96 valence electrons. The summed E-state index contributed by atoms with van der Waals surface area (Å²) < 4.78 is 5.92. The van der Waals surface area contributed by atoms with Gasteiger partial charge in [-0.1, -0.05) is 31.9 Å². The molecule has 1 atom stereocenters. The highest BCUT2D eigenvalue weighted by molar-refractivity contribution is 6.70. The number of unbranched alkanes of at least 4 members (excludes halogenated alkanes) is 1. The smallest absolute Gasteiger partial charge is 0.242 e. The van der Waals surface area contributed by atoms with E-state index in [1.54, 1.807) is 0 Å². The van der Waals surface area contributed by atoms with Crippen LogP contribution in [0.15, 0.2) is 24.3 Å². The topological polar surface area (TPSA) is 35.2 Å². The minimum absolute atomic E-state index is 0.163. The molecule has 0 spiro atoms. The Morgan fingerprint density at radius 2 is 1.76 bits per heavy atom. The van der Waals surface area contributed by atoms with Crippen LogP contribution >= 0.6 is 0 Å². The Balaban J connectivity index is 2.61. The highest BCUT2D eigenvalue weighted by Crippen LogP contribution is 2.21. The first kappa shape index (κ1) is 14.3. The van der Waals surface area contributed by atoms with Crippen LogP contribution in [0.4, 0.5) is 0 Å². The van der Waals surface area contributed by atoms with Crippen molar-refractivity contribution in [2.75, 3.05) is 0 Å². The van der Waals surface area contributed by atoms with Crippen LogP contribution in [0.1, 0.15) is 37.8 Å². The molecular weight excluding hydrogens is 226 g/mol. The molecule has 0 aliphatic rings. The molecule has 0 saturated heterocycles. The molecule has 0 radical (unpaired) electrons. The maximum atomic E-state index is 6.13. The Morgan fingerprint density at radius 1 is 1.18 bits per heavy atom. The monoisotopic (exact) mass is 251 g/mol. The molecule has 2 nitrogen and oxygen atoms in total. The van der Waals surface area contributed by atoms with Crippen molar-refractivity contribution in [1.82, 2.24) is 0 Å². The van der Waals surface area contributed by atoms with Gasteiger partial charge in [-0.3, -0.25) is 0 Å². The largest absolute Gasteiger partial charge is 0.544 e. The van der Waals surface area contributed by atoms with Crippen molar-refractivity contribution in [1.29, 1.82) is 0 Å². The molecule has 0 saturated carbocycles. The third kappa shape index (κ3) is 5.37. The van der Waals surface area contributed by atoms with Crippen LogP contribution in [-0.2, 0) is 0 Å². The molecule has 0 aromatic heterocycles. The molecule has 3 heteroatoms. The fraction of sp³-hybridized carbons (Fsp3) is 0.571. The minimum atomic E-state index is -1.49. The zero-order chi connectivity index (χ0) is 12.9. The van der Waals surface area contributed by atoms with Crippen LogP contribution in [0.25, 0.3) is 0 Å². The van der Waals surface area contributed by atoms with Crippen molar-refractivity contribution >= 4 is 8.32 Å². The van der Waals surface area contributed by atoms with Gasteiger partial charge in [0.15, 0.2) is 0 Å². The second-order valence-corrected chi connectivity index (χ2v) is 9.96. The van der Waals surface area contributed by atoms with Crippen LogP contribution in [-0.4, -0.2) is 8.32 Å². The zero-order valence-corrected chi connectivity index (χ0v) is 12.5. The van der Waals surface area contributed by atoms with Gasteiger partial charge in [0.2, 0.25) is 8.32 Å². The van der Waals surface area contributed by atoms with Crippen molar-refractivity contribution in [3.63, 3.8) is 0 Å². The highest BCUT2D eigenvalue weighted by Gasteiger charge is 2.16. The molecule has 0 aliphatic carbocycles. The van der Waals surface area contributed by atoms with E-state index in [9.17, 15) is 0 Å². The fourth-order valence-electron chi connectivity index (χ4n) is 1.73. The minimum Gasteiger partial charge on any atom is -0.544 e. The summed E-state index contributed by atoms with van der Waals surface area (Å²) in [5, 5.41) is 0. The first-order chi connectivity index (χ1) is 7.92. The molecule has 0 fully saturated rings. The van der Waals surface area contributed by atoms with Gasteiger partial charge in [0.1, 0.15) is 5.75 Å². The van der Waals surface area contributed by atoms with Gasteiger partial charge in [-0.2, -0.15) is 0 Å². The van der Waals surface area contributed by atoms with E-state index >= 15 is 0 Å². The van der Waals surface area contributed by atoms with Crippen LogP contribution in [0.5, 0.6) is 5.75 Å². The summed E-state index contributed by atoms with van der Waals surface area (Å²) in [6.45, 7) is 8.76. The summed E-state index contributed by atoms with van der Waals surface area (Å²) in [6.07, 6.45) is 3.45. The Morgan fingerprint density at radius 3 is 2.24 bits per heavy atom. The van der Waals surface area contributed by atoms with Crippen molar-refractivity contribution in [3.8, 4) is 5.75 Å². The van der Waals surface area contributed by atoms with E-state index in [4.69, 9.17) is 10.2 Å². The van der Waals surface area contributed by atoms with Gasteiger partial charge in [-0.05, 0) is 43.8 Å². The lowest BCUT2D eigenvalue weighted by Gasteiger charge is -2.20. The molecule has 17 heavy (non-hydrogen) atoms. The van der Waals surface area contributed by atoms with E-state index in [1.165, 1.54) is 18.4 Å². The third-order valence-corrected chi connectivity index (χ3v) is 3.45. The molecule has 0 bridgehead atoms. The number of benzene rings is 1. The molecule has 0 unspecified atom stereocenters. The first-order valence-electron chi connectivity index (χ1n) is 6.47. The Labute approximate surface area is 106 Å². The molecule has 0 amide bonds. The van der Waals surface area contributed by atoms with E-state index in [0.717, 1.165) is 12.2 Å². The molecule has 0 heterocycles. The average molecular weight is 251 g/mol. The molecule has 1 rings (SSSR count). The molecule has 1 aromatic carbocycles. The summed E-state index contributed by atoms with van der Waals surface area (Å²) in [6, 6.07) is 8.43. The number of nitrogens with two attached hydrogens (primary N) is 1. The van der Waals surface area contributed by atoms with E-state index in [0.29, 0.717) is 0 Å². The van der Waals surface area contributed by atoms with E-state index in [2.05, 4.69) is 38.7 Å². The maximum absolute atomic E-state index is 6.13. The van der Waals surface area contributed by atoms with Gasteiger partial charge in [-0.15, -0.1) is 0 Å². The summed E-state index contributed by atoms with van der Waals surface area (Å²) in [7, 11) is -1.49. The Bertz CT molecular complexity index is 329. The predicted molar refractivity (Wildman–Crippen MR) is 76.9 cm³/mol. The maximum Gasteiger partial charge on any atom is 0.242 e. The molecule has 1 aromatic rings. The number of hydrogen-bond donors (Lipinski definition) is 1. The lowest BCUT2D eigenvalue weighted by atomic mass is 10.0. The van der Waals surface area contributed by atoms with Crippen molar-refractivity contribution < 1.29 is 4.43 Å². The number of rotatable bonds is 6. The van der Waals surface area contributed by atoms with Crippen molar-refractivity contribution in [2.24, 2.45) is 5.73 Å². The van der Waals surface area contributed by atoms with Gasteiger partial charge < -0.3 is 10.2 Å². The standard InChI is InChI=1S/C14H25NOSi/c1-5-6-7-14(15)12-8-10-13(11-9-12)16-17(2,3)4/h8-11,14H,5-7,15H2,1-4H3/t14-/m1/s1. The molecular formula is C14H25NOSi. The lowest BCUT2D eigenvalue weighted by Crippen LogP contribution is -2.29. The molecule has 2 N–H and O–H groups in total. The van der Waals surface area contributed by atoms with E-state index in [-0.39, 0.29) is 6.04 Å². The summed E-state index contributed by atoms with van der Waals surface area (Å²) in [5.41, 5.74) is 7.34. The summed E-state index contributed by atoms with van der Waals surface area (Å²) >= 11 is 0. The van der Waals surface area contributed by atoms with Gasteiger partial charge >= 0.3 is 0 Å². The van der Waals surface area contributed by atoms with Crippen LogP contribution < -0.4 is 10.2 Å². The third-order valence-electron chi connectivity index (χ3n) is 2.60. The van der Waals surface area contributed by atoms with E-state index < -0.39 is 8.32 Å². The quantitative estimate of drug-likeness (QED) is 0.773. The van der Waals surface area contributed by atoms with Gasteiger partial charge in [-0.25, -0.2) is 0 Å². The summed E-state index contributed by atoms with van der Waals surface area (Å²) in [4.78, 5) is 0. The number of hydrogen-bond acceptors (Lipinski definition) is 2. The van der Waals surface area contributed by atoms with Crippen LogP contribution in [0, 0.1) is 0 Å². The SMILES string of the molecule is CCCC[C@@H](N)c1ccc(O[Si](C)(C)C)cc1. The highest BCUT2D eigenvalue weighted by atomic mass is 28.4. The first-order valence-corrected chi connectivity index (χ1v) is 9.88. The van der Waals surface area contributed by atoms with Crippen LogP contribution in [0.3, 0.4) is 0 Å². The summed E-state index contributed by atoms with van der Waals surface area (Å²) in [5.74, 6) is 0.968. The predicted octanol–water partition coefficient (Wildman–Crippen LogP) is 4.09. The van der Waals surface area contributed by atoms with Gasteiger partial charge in [0, 0.05) is 6.04 Å². The zero-order valence-electron chi connectivity index (χ0n) is 11.5. The second kappa shape index (κ2) is 6.22. The van der Waals surface area contributed by atoms with Gasteiger partial charge in [0.05, 0.1) is 0 Å². The Kier molecular flexibility index (Phi) is 5.21. The normalized spacial score (nSPS) is 13.5.